The van der Waals surface area contributed by atoms with E-state index in [4.69, 9.17) is 11.5 Å². The monoisotopic (exact) mass is 222 g/mol. The van der Waals surface area contributed by atoms with E-state index in [0.717, 1.165) is 12.1 Å². The lowest BCUT2D eigenvalue weighted by atomic mass is 10.2. The van der Waals surface area contributed by atoms with Crippen LogP contribution in [0.15, 0.2) is 24.4 Å². The van der Waals surface area contributed by atoms with E-state index in [1.165, 1.54) is 12.3 Å². The number of nitrogen functional groups attached to an aromatic ring is 2. The van der Waals surface area contributed by atoms with Gasteiger partial charge in [-0.1, -0.05) is 6.07 Å². The maximum atomic E-state index is 13.4. The molecule has 0 unspecified atom stereocenters. The van der Waals surface area contributed by atoms with Crippen LogP contribution in [0.2, 0.25) is 0 Å². The topological polar surface area (TPSA) is 77.8 Å². The third-order valence-electron chi connectivity index (χ3n) is 2.03. The van der Waals surface area contributed by atoms with Crippen molar-refractivity contribution in [2.45, 2.75) is 0 Å². The molecule has 4 N–H and O–H groups in total. The fourth-order valence-electron chi connectivity index (χ4n) is 1.24. The minimum absolute atomic E-state index is 0.00680. The molecular weight excluding hydrogens is 214 g/mol. The van der Waals surface area contributed by atoms with E-state index < -0.39 is 11.6 Å². The lowest BCUT2D eigenvalue weighted by Crippen LogP contribution is -2.02. The molecule has 0 fully saturated rings. The number of aromatic nitrogens is 2. The third-order valence-corrected chi connectivity index (χ3v) is 2.03. The van der Waals surface area contributed by atoms with E-state index in [2.05, 4.69) is 9.97 Å². The quantitative estimate of drug-likeness (QED) is 0.767. The predicted molar refractivity (Wildman–Crippen MR) is 56.2 cm³/mol. The fraction of sp³-hybridized carbons (Fsp3) is 0. The standard InChI is InChI=1S/C10H8F2N4/c11-5-2-1-3-6(12)8(5)10-15-4-7(13)9(14)16-10/h1-4H,13H2,(H2,14,15,16). The van der Waals surface area contributed by atoms with Crippen molar-refractivity contribution in [2.24, 2.45) is 0 Å². The number of nitrogens with two attached hydrogens (primary N) is 2. The Morgan fingerprint density at radius 2 is 1.69 bits per heavy atom. The highest BCUT2D eigenvalue weighted by atomic mass is 19.1. The minimum Gasteiger partial charge on any atom is -0.394 e. The summed E-state index contributed by atoms with van der Waals surface area (Å²) in [4.78, 5) is 7.46. The molecule has 0 amide bonds. The van der Waals surface area contributed by atoms with Crippen LogP contribution in [0.5, 0.6) is 0 Å². The second kappa shape index (κ2) is 3.73. The molecule has 0 bridgehead atoms. The molecule has 0 radical (unpaired) electrons. The Labute approximate surface area is 89.9 Å². The van der Waals surface area contributed by atoms with E-state index >= 15 is 0 Å². The van der Waals surface area contributed by atoms with E-state index in [9.17, 15) is 8.78 Å². The van der Waals surface area contributed by atoms with E-state index in [1.807, 2.05) is 0 Å². The van der Waals surface area contributed by atoms with Crippen molar-refractivity contribution in [1.82, 2.24) is 9.97 Å². The Bertz CT molecular complexity index is 522. The number of halogens is 2. The summed E-state index contributed by atoms with van der Waals surface area (Å²) in [7, 11) is 0. The molecule has 0 aliphatic rings. The summed E-state index contributed by atoms with van der Waals surface area (Å²) in [6.07, 6.45) is 1.21. The third kappa shape index (κ3) is 1.65. The smallest absolute Gasteiger partial charge is 0.167 e. The summed E-state index contributed by atoms with van der Waals surface area (Å²) in [6.45, 7) is 0. The van der Waals surface area contributed by atoms with Crippen molar-refractivity contribution < 1.29 is 8.78 Å². The van der Waals surface area contributed by atoms with Gasteiger partial charge >= 0.3 is 0 Å². The van der Waals surface area contributed by atoms with Crippen molar-refractivity contribution in [3.05, 3.63) is 36.0 Å². The molecule has 0 aliphatic carbocycles. The van der Waals surface area contributed by atoms with Gasteiger partial charge in [0.1, 0.15) is 11.6 Å². The maximum Gasteiger partial charge on any atom is 0.167 e. The van der Waals surface area contributed by atoms with Gasteiger partial charge < -0.3 is 11.5 Å². The molecule has 6 heteroatoms. The van der Waals surface area contributed by atoms with Crippen LogP contribution in [0, 0.1) is 11.6 Å². The lowest BCUT2D eigenvalue weighted by Gasteiger charge is -2.05. The van der Waals surface area contributed by atoms with Crippen molar-refractivity contribution in [1.29, 1.82) is 0 Å². The Morgan fingerprint density at radius 3 is 2.25 bits per heavy atom. The molecule has 1 heterocycles. The van der Waals surface area contributed by atoms with Gasteiger partial charge in [-0.25, -0.2) is 18.7 Å². The summed E-state index contributed by atoms with van der Waals surface area (Å²) in [5.74, 6) is -1.62. The number of rotatable bonds is 1. The molecule has 1 aromatic carbocycles. The largest absolute Gasteiger partial charge is 0.394 e. The zero-order chi connectivity index (χ0) is 11.7. The summed E-state index contributed by atoms with van der Waals surface area (Å²) in [5, 5.41) is 0. The number of nitrogens with zero attached hydrogens (tertiary/aromatic N) is 2. The number of hydrogen-bond donors (Lipinski definition) is 2. The summed E-state index contributed by atoms with van der Waals surface area (Å²) in [5.41, 5.74) is 10.7. The van der Waals surface area contributed by atoms with Crippen LogP contribution in [0.4, 0.5) is 20.3 Å². The Kier molecular flexibility index (Phi) is 2.40. The van der Waals surface area contributed by atoms with Gasteiger partial charge in [-0.05, 0) is 12.1 Å². The molecule has 16 heavy (non-hydrogen) atoms. The van der Waals surface area contributed by atoms with Crippen molar-refractivity contribution in [3.63, 3.8) is 0 Å². The second-order valence-electron chi connectivity index (χ2n) is 3.13. The Hall–Kier alpha value is -2.24. The zero-order valence-corrected chi connectivity index (χ0v) is 8.11. The molecule has 4 nitrogen and oxygen atoms in total. The zero-order valence-electron chi connectivity index (χ0n) is 8.11. The Morgan fingerprint density at radius 1 is 1.06 bits per heavy atom. The number of hydrogen-bond acceptors (Lipinski definition) is 4. The van der Waals surface area contributed by atoms with Crippen LogP contribution in [-0.4, -0.2) is 9.97 Å². The molecule has 0 saturated carbocycles. The van der Waals surface area contributed by atoms with Gasteiger partial charge in [0, 0.05) is 0 Å². The van der Waals surface area contributed by atoms with Gasteiger partial charge in [-0.3, -0.25) is 0 Å². The molecular formula is C10H8F2N4. The van der Waals surface area contributed by atoms with Gasteiger partial charge in [-0.15, -0.1) is 0 Å². The van der Waals surface area contributed by atoms with Crippen molar-refractivity contribution in [3.8, 4) is 11.4 Å². The highest BCUT2D eigenvalue weighted by Gasteiger charge is 2.14. The molecule has 0 atom stereocenters. The normalized spacial score (nSPS) is 10.4. The molecule has 0 spiro atoms. The molecule has 0 saturated heterocycles. The summed E-state index contributed by atoms with van der Waals surface area (Å²) >= 11 is 0. The van der Waals surface area contributed by atoms with Crippen molar-refractivity contribution in [2.75, 3.05) is 11.5 Å². The summed E-state index contributed by atoms with van der Waals surface area (Å²) < 4.78 is 26.8. The first-order valence-corrected chi connectivity index (χ1v) is 4.42. The first-order valence-electron chi connectivity index (χ1n) is 4.42. The van der Waals surface area contributed by atoms with Gasteiger partial charge in [0.25, 0.3) is 0 Å². The van der Waals surface area contributed by atoms with Crippen LogP contribution in [-0.2, 0) is 0 Å². The van der Waals surface area contributed by atoms with E-state index in [1.54, 1.807) is 0 Å². The van der Waals surface area contributed by atoms with Crippen LogP contribution < -0.4 is 11.5 Å². The van der Waals surface area contributed by atoms with E-state index in [0.29, 0.717) is 0 Å². The van der Waals surface area contributed by atoms with E-state index in [-0.39, 0.29) is 22.9 Å². The van der Waals surface area contributed by atoms with Crippen molar-refractivity contribution >= 4 is 11.5 Å². The lowest BCUT2D eigenvalue weighted by molar-refractivity contribution is 0.587. The van der Waals surface area contributed by atoms with Crippen LogP contribution in [0.25, 0.3) is 11.4 Å². The highest BCUT2D eigenvalue weighted by Crippen LogP contribution is 2.24. The average Bonchev–Trinajstić information content (AvgIpc) is 2.23. The van der Waals surface area contributed by atoms with Crippen LogP contribution in [0.3, 0.4) is 0 Å². The summed E-state index contributed by atoms with van der Waals surface area (Å²) in [6, 6.07) is 3.50. The minimum atomic E-state index is -0.746. The van der Waals surface area contributed by atoms with Gasteiger partial charge in [0.15, 0.2) is 11.6 Å². The maximum absolute atomic E-state index is 13.4. The van der Waals surface area contributed by atoms with Gasteiger partial charge in [0.05, 0.1) is 17.4 Å². The predicted octanol–water partition coefficient (Wildman–Crippen LogP) is 1.59. The average molecular weight is 222 g/mol. The number of benzene rings is 1. The Balaban J connectivity index is 2.63. The number of anilines is 2. The molecule has 82 valence electrons. The fourth-order valence-corrected chi connectivity index (χ4v) is 1.24. The highest BCUT2D eigenvalue weighted by molar-refractivity contribution is 5.64. The SMILES string of the molecule is Nc1cnc(-c2c(F)cccc2F)nc1N. The molecule has 2 rings (SSSR count). The van der Waals surface area contributed by atoms with Gasteiger partial charge in [-0.2, -0.15) is 0 Å². The second-order valence-corrected chi connectivity index (χ2v) is 3.13. The van der Waals surface area contributed by atoms with Gasteiger partial charge in [0.2, 0.25) is 0 Å². The first-order chi connectivity index (χ1) is 7.59. The molecule has 0 aliphatic heterocycles. The first kappa shape index (κ1) is 10.3. The molecule has 2 aromatic rings. The van der Waals surface area contributed by atoms with Crippen LogP contribution >= 0.6 is 0 Å². The molecule has 1 aromatic heterocycles. The van der Waals surface area contributed by atoms with Crippen LogP contribution in [0.1, 0.15) is 0 Å².